The lowest BCUT2D eigenvalue weighted by Gasteiger charge is -2.37. The molecule has 0 aromatic heterocycles. The molecule has 0 amide bonds. The molecule has 2 heteroatoms. The van der Waals surface area contributed by atoms with Crippen LogP contribution in [0.2, 0.25) is 5.82 Å². The summed E-state index contributed by atoms with van der Waals surface area (Å²) in [7, 11) is 2.59. The molecule has 1 heterocycles. The maximum atomic E-state index is 6.40. The van der Waals surface area contributed by atoms with Crippen molar-refractivity contribution >= 4 is 24.3 Å². The van der Waals surface area contributed by atoms with Crippen LogP contribution in [0.5, 0.6) is 0 Å². The highest BCUT2D eigenvalue weighted by atomic mass is 35.5. The lowest BCUT2D eigenvalue weighted by molar-refractivity contribution is 0.188. The maximum absolute atomic E-state index is 6.40. The first-order valence-corrected chi connectivity index (χ1v) is 9.58. The lowest BCUT2D eigenvalue weighted by atomic mass is 9.51. The van der Waals surface area contributed by atoms with Gasteiger partial charge in [0.15, 0.2) is 7.28 Å². The highest BCUT2D eigenvalue weighted by Crippen LogP contribution is 2.91. The quantitative estimate of drug-likeness (QED) is 0.472. The summed E-state index contributed by atoms with van der Waals surface area (Å²) >= 11 is 6.40. The number of allylic oxidation sites excluding steroid dienone is 6. The Labute approximate surface area is 149 Å². The largest absolute Gasteiger partial charge is 0.157 e. The Kier molecular flexibility index (Phi) is 2.31. The van der Waals surface area contributed by atoms with Gasteiger partial charge >= 0.3 is 0 Å². The average Bonchev–Trinajstić information content (AvgIpc) is 3.11. The van der Waals surface area contributed by atoms with Gasteiger partial charge in [-0.2, -0.15) is 0 Å². The van der Waals surface area contributed by atoms with Gasteiger partial charge in [-0.15, -0.1) is 0 Å². The summed E-state index contributed by atoms with van der Waals surface area (Å²) in [6, 6.07) is 9.00. The first-order valence-electron chi connectivity index (χ1n) is 9.20. The highest BCUT2D eigenvalue weighted by Gasteiger charge is 2.84. The van der Waals surface area contributed by atoms with Crippen LogP contribution in [-0.2, 0) is 0 Å². The van der Waals surface area contributed by atoms with E-state index in [0.29, 0.717) is 34.4 Å². The Morgan fingerprint density at radius 1 is 1.12 bits per heavy atom. The fourth-order valence-electron chi connectivity index (χ4n) is 7.24. The first-order chi connectivity index (χ1) is 11.5. The third-order valence-electron chi connectivity index (χ3n) is 8.33. The number of halogens is 1. The Morgan fingerprint density at radius 2 is 1.96 bits per heavy atom. The first kappa shape index (κ1) is 14.0. The molecule has 0 N–H and O–H groups in total. The zero-order chi connectivity index (χ0) is 16.3. The lowest BCUT2D eigenvalue weighted by Crippen LogP contribution is -2.31. The van der Waals surface area contributed by atoms with Gasteiger partial charge in [-0.05, 0) is 52.5 Å². The summed E-state index contributed by atoms with van der Waals surface area (Å²) in [4.78, 5) is 0. The van der Waals surface area contributed by atoms with E-state index in [1.54, 1.807) is 0 Å². The van der Waals surface area contributed by atoms with Crippen molar-refractivity contribution in [1.82, 2.24) is 0 Å². The topological polar surface area (TPSA) is 0 Å². The van der Waals surface area contributed by atoms with Crippen LogP contribution in [0.25, 0.3) is 0 Å². The molecule has 4 unspecified atom stereocenters. The van der Waals surface area contributed by atoms with Crippen LogP contribution in [0.4, 0.5) is 0 Å². The summed E-state index contributed by atoms with van der Waals surface area (Å²) in [5.74, 6) is 2.40. The van der Waals surface area contributed by atoms with Crippen molar-refractivity contribution in [3.63, 3.8) is 0 Å². The molecule has 5 aliphatic rings. The Morgan fingerprint density at radius 3 is 2.83 bits per heavy atom. The fraction of sp³-hybridized carbons (Fsp3) is 0.455. The molecule has 6 rings (SSSR count). The van der Waals surface area contributed by atoms with Gasteiger partial charge in [0.2, 0.25) is 0 Å². The van der Waals surface area contributed by atoms with Crippen molar-refractivity contribution in [3.05, 3.63) is 65.2 Å². The molecule has 24 heavy (non-hydrogen) atoms. The van der Waals surface area contributed by atoms with E-state index in [1.807, 2.05) is 0 Å². The van der Waals surface area contributed by atoms with E-state index in [1.165, 1.54) is 17.4 Å². The van der Waals surface area contributed by atoms with Gasteiger partial charge in [-0.1, -0.05) is 79.5 Å². The van der Waals surface area contributed by atoms with Gasteiger partial charge in [0, 0.05) is 10.4 Å². The molecular formula is C22H21BCl. The van der Waals surface area contributed by atoms with Crippen LogP contribution in [0, 0.1) is 28.1 Å². The summed E-state index contributed by atoms with van der Waals surface area (Å²) in [6.07, 6.45) is 13.4. The van der Waals surface area contributed by atoms with Gasteiger partial charge in [0.05, 0.1) is 0 Å². The normalized spacial score (nSPS) is 47.7. The molecule has 6 atom stereocenters. The smallest absolute Gasteiger partial charge is 0.0847 e. The molecule has 0 nitrogen and oxygen atoms in total. The molecule has 2 fully saturated rings. The zero-order valence-corrected chi connectivity index (χ0v) is 14.9. The molecule has 119 valence electrons. The number of hydrogen-bond acceptors (Lipinski definition) is 0. The molecule has 0 bridgehead atoms. The van der Waals surface area contributed by atoms with Crippen molar-refractivity contribution in [2.24, 2.45) is 28.1 Å². The number of hydrogen-bond donors (Lipinski definition) is 0. The van der Waals surface area contributed by atoms with Crippen molar-refractivity contribution in [2.45, 2.75) is 32.0 Å². The van der Waals surface area contributed by atoms with Gasteiger partial charge in [0.1, 0.15) is 0 Å². The van der Waals surface area contributed by atoms with Crippen LogP contribution in [0.1, 0.15) is 31.7 Å². The fourth-order valence-corrected chi connectivity index (χ4v) is 7.44. The zero-order valence-electron chi connectivity index (χ0n) is 14.2. The van der Waals surface area contributed by atoms with Crippen LogP contribution < -0.4 is 5.46 Å². The SMILES string of the molecule is CC1(C)C2C=C(Cl)C=C[C@@H]2C23CC12C=CC1c2ccccc2[B][C@H]13. The molecule has 0 saturated heterocycles. The number of benzene rings is 1. The maximum Gasteiger partial charge on any atom is 0.157 e. The van der Waals surface area contributed by atoms with Crippen molar-refractivity contribution < 1.29 is 0 Å². The van der Waals surface area contributed by atoms with Crippen LogP contribution in [0.15, 0.2) is 59.7 Å². The average molecular weight is 332 g/mol. The third kappa shape index (κ3) is 1.25. The predicted octanol–water partition coefficient (Wildman–Crippen LogP) is 4.81. The summed E-state index contributed by atoms with van der Waals surface area (Å²) in [5.41, 5.74) is 4.00. The highest BCUT2D eigenvalue weighted by molar-refractivity contribution is 6.58. The van der Waals surface area contributed by atoms with E-state index < -0.39 is 0 Å². The van der Waals surface area contributed by atoms with Crippen molar-refractivity contribution in [2.75, 3.05) is 0 Å². The van der Waals surface area contributed by atoms with Gasteiger partial charge < -0.3 is 0 Å². The molecular weight excluding hydrogens is 311 g/mol. The summed E-state index contributed by atoms with van der Waals surface area (Å²) < 4.78 is 0. The molecule has 1 aromatic carbocycles. The van der Waals surface area contributed by atoms with E-state index in [9.17, 15) is 0 Å². The van der Waals surface area contributed by atoms with E-state index in [0.717, 1.165) is 5.03 Å². The summed E-state index contributed by atoms with van der Waals surface area (Å²) in [5, 5.41) is 0.925. The van der Waals surface area contributed by atoms with Gasteiger partial charge in [-0.3, -0.25) is 0 Å². The molecule has 1 radical (unpaired) electrons. The van der Waals surface area contributed by atoms with Gasteiger partial charge in [0.25, 0.3) is 0 Å². The van der Waals surface area contributed by atoms with Crippen molar-refractivity contribution in [1.29, 1.82) is 0 Å². The monoisotopic (exact) mass is 331 g/mol. The Balaban J connectivity index is 1.55. The van der Waals surface area contributed by atoms with Gasteiger partial charge in [-0.25, -0.2) is 0 Å². The second-order valence-corrected chi connectivity index (χ2v) is 9.52. The molecule has 1 aliphatic heterocycles. The molecule has 1 aromatic rings. The van der Waals surface area contributed by atoms with E-state index in [2.05, 4.69) is 75.8 Å². The van der Waals surface area contributed by atoms with E-state index >= 15 is 0 Å². The molecule has 2 saturated carbocycles. The minimum Gasteiger partial charge on any atom is -0.0847 e. The van der Waals surface area contributed by atoms with Crippen LogP contribution >= 0.6 is 11.6 Å². The molecule has 0 spiro atoms. The Bertz CT molecular complexity index is 862. The van der Waals surface area contributed by atoms with E-state index in [4.69, 9.17) is 11.6 Å². The number of fused-ring (bicyclic) bond motifs is 4. The number of rotatable bonds is 0. The second-order valence-electron chi connectivity index (χ2n) is 9.08. The summed E-state index contributed by atoms with van der Waals surface area (Å²) in [6.45, 7) is 4.96. The van der Waals surface area contributed by atoms with Crippen LogP contribution in [-0.4, -0.2) is 7.28 Å². The molecule has 4 aliphatic carbocycles. The van der Waals surface area contributed by atoms with Crippen LogP contribution in [0.3, 0.4) is 0 Å². The Hall–Kier alpha value is -1.21. The predicted molar refractivity (Wildman–Crippen MR) is 101 cm³/mol. The standard InChI is InChI=1S/C22H21BCl/c1-20(2)17-11-13(24)7-8-16(17)22-12-21(20,22)10-9-15-14-5-3-4-6-18(14)23-19(15)22/h3-11,15-17,19H,12H2,1-2H3/t15?,16-,17?,19+,21?,22?/m0/s1. The van der Waals surface area contributed by atoms with E-state index in [-0.39, 0.29) is 5.41 Å². The van der Waals surface area contributed by atoms with Crippen molar-refractivity contribution in [3.8, 4) is 0 Å². The minimum atomic E-state index is 0.270. The third-order valence-corrected chi connectivity index (χ3v) is 8.58. The second kappa shape index (κ2) is 3.96. The minimum absolute atomic E-state index is 0.270.